The fourth-order valence-electron chi connectivity index (χ4n) is 3.54. The van der Waals surface area contributed by atoms with E-state index in [1.807, 2.05) is 0 Å². The van der Waals surface area contributed by atoms with E-state index >= 15 is 0 Å². The van der Waals surface area contributed by atoms with Crippen LogP contribution >= 0.6 is 0 Å². The summed E-state index contributed by atoms with van der Waals surface area (Å²) in [5.74, 6) is 0. The highest BCUT2D eigenvalue weighted by Gasteiger charge is 2.18. The van der Waals surface area contributed by atoms with Gasteiger partial charge in [0.1, 0.15) is 0 Å². The molecule has 0 rings (SSSR count). The van der Waals surface area contributed by atoms with Crippen molar-refractivity contribution in [3.05, 3.63) is 0 Å². The number of hydrogen-bond acceptors (Lipinski definition) is 2. The van der Waals surface area contributed by atoms with E-state index in [0.717, 1.165) is 18.6 Å². The molecule has 2 atom stereocenters. The molecule has 22 heavy (non-hydrogen) atoms. The van der Waals surface area contributed by atoms with Crippen molar-refractivity contribution in [2.75, 3.05) is 13.1 Å². The van der Waals surface area contributed by atoms with Gasteiger partial charge in [-0.3, -0.25) is 4.90 Å². The second kappa shape index (κ2) is 15.8. The molecule has 0 radical (unpaired) electrons. The first-order chi connectivity index (χ1) is 10.7. The molecule has 2 nitrogen and oxygen atoms in total. The monoisotopic (exact) mass is 312 g/mol. The van der Waals surface area contributed by atoms with Gasteiger partial charge in [0.15, 0.2) is 0 Å². The molecular formula is C20H44N2. The van der Waals surface area contributed by atoms with E-state index < -0.39 is 0 Å². The van der Waals surface area contributed by atoms with Crippen LogP contribution in [-0.4, -0.2) is 30.1 Å². The molecule has 0 amide bonds. The van der Waals surface area contributed by atoms with Gasteiger partial charge in [-0.05, 0) is 52.6 Å². The summed E-state index contributed by atoms with van der Waals surface area (Å²) < 4.78 is 0. The van der Waals surface area contributed by atoms with E-state index in [1.165, 1.54) is 83.6 Å². The first-order valence-corrected chi connectivity index (χ1v) is 10.1. The lowest BCUT2D eigenvalue weighted by Gasteiger charge is -2.34. The third-order valence-electron chi connectivity index (χ3n) is 4.92. The van der Waals surface area contributed by atoms with Crippen LogP contribution in [0, 0.1) is 0 Å². The third-order valence-corrected chi connectivity index (χ3v) is 4.92. The van der Waals surface area contributed by atoms with Crippen LogP contribution in [0.15, 0.2) is 0 Å². The summed E-state index contributed by atoms with van der Waals surface area (Å²) in [5, 5.41) is 0. The summed E-state index contributed by atoms with van der Waals surface area (Å²) in [4.78, 5) is 2.77. The Morgan fingerprint density at radius 1 is 0.682 bits per heavy atom. The van der Waals surface area contributed by atoms with Gasteiger partial charge in [0.25, 0.3) is 0 Å². The normalized spacial score (nSPS) is 14.5. The predicted octanol–water partition coefficient (Wildman–Crippen LogP) is 5.75. The van der Waals surface area contributed by atoms with E-state index in [-0.39, 0.29) is 0 Å². The van der Waals surface area contributed by atoms with Crippen LogP contribution in [0.5, 0.6) is 0 Å². The van der Waals surface area contributed by atoms with Crippen molar-refractivity contribution in [1.29, 1.82) is 0 Å². The van der Waals surface area contributed by atoms with Crippen LogP contribution < -0.4 is 5.73 Å². The van der Waals surface area contributed by atoms with Gasteiger partial charge in [-0.2, -0.15) is 0 Å². The molecule has 0 aliphatic carbocycles. The first-order valence-electron chi connectivity index (χ1n) is 10.1. The lowest BCUT2D eigenvalue weighted by atomic mass is 10.0. The van der Waals surface area contributed by atoms with Crippen LogP contribution in [0.3, 0.4) is 0 Å². The molecule has 0 bridgehead atoms. The molecule has 0 spiro atoms. The summed E-state index contributed by atoms with van der Waals surface area (Å²) in [6.45, 7) is 11.6. The maximum absolute atomic E-state index is 5.52. The van der Waals surface area contributed by atoms with Gasteiger partial charge in [0.2, 0.25) is 0 Å². The summed E-state index contributed by atoms with van der Waals surface area (Å²) in [7, 11) is 0. The number of unbranched alkanes of at least 4 members (excludes halogenated alkanes) is 7. The molecule has 2 heteroatoms. The molecule has 0 aromatic rings. The van der Waals surface area contributed by atoms with Crippen molar-refractivity contribution in [3.8, 4) is 0 Å². The predicted molar refractivity (Wildman–Crippen MR) is 101 cm³/mol. The Bertz CT molecular complexity index is 206. The fourth-order valence-corrected chi connectivity index (χ4v) is 3.54. The average molecular weight is 313 g/mol. The molecule has 2 N–H and O–H groups in total. The number of nitrogens with zero attached hydrogens (tertiary/aromatic N) is 1. The minimum absolute atomic E-state index is 0.753. The summed E-state index contributed by atoms with van der Waals surface area (Å²) in [6.07, 6.45) is 16.2. The number of hydrogen-bond donors (Lipinski definition) is 1. The Balaban J connectivity index is 3.79. The van der Waals surface area contributed by atoms with Crippen molar-refractivity contribution < 1.29 is 0 Å². The van der Waals surface area contributed by atoms with Crippen molar-refractivity contribution in [3.63, 3.8) is 0 Å². The summed E-state index contributed by atoms with van der Waals surface area (Å²) in [6, 6.07) is 1.51. The third kappa shape index (κ3) is 11.5. The molecule has 0 heterocycles. The molecule has 134 valence electrons. The van der Waals surface area contributed by atoms with Crippen LogP contribution in [0.25, 0.3) is 0 Å². The Morgan fingerprint density at radius 2 is 1.09 bits per heavy atom. The molecule has 0 aliphatic heterocycles. The molecule has 0 fully saturated rings. The second-order valence-electron chi connectivity index (χ2n) is 7.13. The van der Waals surface area contributed by atoms with E-state index in [0.29, 0.717) is 0 Å². The van der Waals surface area contributed by atoms with E-state index in [2.05, 4.69) is 32.6 Å². The fraction of sp³-hybridized carbons (Fsp3) is 1.00. The average Bonchev–Trinajstić information content (AvgIpc) is 2.49. The first kappa shape index (κ1) is 21.9. The van der Waals surface area contributed by atoms with E-state index in [9.17, 15) is 0 Å². The Hall–Kier alpha value is -0.0800. The quantitative estimate of drug-likeness (QED) is 0.368. The minimum Gasteiger partial charge on any atom is -0.330 e. The molecule has 0 aromatic carbocycles. The zero-order chi connectivity index (χ0) is 16.6. The molecular weight excluding hydrogens is 268 g/mol. The summed E-state index contributed by atoms with van der Waals surface area (Å²) in [5.41, 5.74) is 5.52. The van der Waals surface area contributed by atoms with Gasteiger partial charge in [-0.25, -0.2) is 0 Å². The zero-order valence-electron chi connectivity index (χ0n) is 16.1. The zero-order valence-corrected chi connectivity index (χ0v) is 16.1. The molecule has 0 aromatic heterocycles. The SMILES string of the molecule is CCCC(C)N(CCCCCCCCCCN)C(C)CCC. The Morgan fingerprint density at radius 3 is 1.50 bits per heavy atom. The number of rotatable bonds is 16. The van der Waals surface area contributed by atoms with Gasteiger partial charge in [0.05, 0.1) is 0 Å². The van der Waals surface area contributed by atoms with Crippen LogP contribution in [0.4, 0.5) is 0 Å². The van der Waals surface area contributed by atoms with Crippen LogP contribution in [-0.2, 0) is 0 Å². The minimum atomic E-state index is 0.753. The van der Waals surface area contributed by atoms with Gasteiger partial charge < -0.3 is 5.73 Å². The lowest BCUT2D eigenvalue weighted by Crippen LogP contribution is -2.40. The van der Waals surface area contributed by atoms with Crippen LogP contribution in [0.2, 0.25) is 0 Å². The van der Waals surface area contributed by atoms with Crippen LogP contribution in [0.1, 0.15) is 105 Å². The highest BCUT2D eigenvalue weighted by molar-refractivity contribution is 4.73. The topological polar surface area (TPSA) is 29.3 Å². The van der Waals surface area contributed by atoms with Crippen molar-refractivity contribution in [2.45, 2.75) is 117 Å². The summed E-state index contributed by atoms with van der Waals surface area (Å²) >= 11 is 0. The second-order valence-corrected chi connectivity index (χ2v) is 7.13. The Kier molecular flexibility index (Phi) is 15.7. The molecule has 0 saturated carbocycles. The van der Waals surface area contributed by atoms with Crippen molar-refractivity contribution >= 4 is 0 Å². The standard InChI is InChI=1S/C20H44N2/c1-5-15-19(3)22(20(4)16-6-2)18-14-12-10-8-7-9-11-13-17-21/h19-20H,5-18,21H2,1-4H3. The molecule has 2 unspecified atom stereocenters. The van der Waals surface area contributed by atoms with E-state index in [1.54, 1.807) is 0 Å². The lowest BCUT2D eigenvalue weighted by molar-refractivity contribution is 0.135. The molecule has 0 aliphatic rings. The molecule has 0 saturated heterocycles. The smallest absolute Gasteiger partial charge is 0.00696 e. The highest BCUT2D eigenvalue weighted by Crippen LogP contribution is 2.17. The van der Waals surface area contributed by atoms with Gasteiger partial charge >= 0.3 is 0 Å². The van der Waals surface area contributed by atoms with Gasteiger partial charge in [-0.1, -0.05) is 65.2 Å². The highest BCUT2D eigenvalue weighted by atomic mass is 15.2. The largest absolute Gasteiger partial charge is 0.330 e. The maximum Gasteiger partial charge on any atom is 0.00696 e. The van der Waals surface area contributed by atoms with Crippen molar-refractivity contribution in [1.82, 2.24) is 4.90 Å². The van der Waals surface area contributed by atoms with Crippen molar-refractivity contribution in [2.24, 2.45) is 5.73 Å². The van der Waals surface area contributed by atoms with Gasteiger partial charge in [-0.15, -0.1) is 0 Å². The Labute approximate surface area is 141 Å². The maximum atomic E-state index is 5.52. The van der Waals surface area contributed by atoms with Gasteiger partial charge in [0, 0.05) is 12.1 Å². The number of nitrogens with two attached hydrogens (primary N) is 1. The van der Waals surface area contributed by atoms with E-state index in [4.69, 9.17) is 5.73 Å².